The molecule has 1 atom stereocenters. The Hall–Kier alpha value is -1.31. The predicted molar refractivity (Wildman–Crippen MR) is 116 cm³/mol. The maximum absolute atomic E-state index is 12.5. The molecule has 0 heterocycles. The maximum atomic E-state index is 12.5. The van der Waals surface area contributed by atoms with E-state index in [1.165, 1.54) is 24.8 Å². The second kappa shape index (κ2) is 9.26. The summed E-state index contributed by atoms with van der Waals surface area (Å²) in [7, 11) is 0. The highest BCUT2D eigenvalue weighted by Crippen LogP contribution is 2.47. The van der Waals surface area contributed by atoms with Crippen LogP contribution in [0.3, 0.4) is 0 Å². The van der Waals surface area contributed by atoms with E-state index in [4.69, 9.17) is 4.74 Å². The van der Waals surface area contributed by atoms with E-state index < -0.39 is 5.60 Å². The van der Waals surface area contributed by atoms with Crippen LogP contribution in [0.15, 0.2) is 24.3 Å². The van der Waals surface area contributed by atoms with Crippen molar-refractivity contribution in [1.29, 1.82) is 0 Å². The molecule has 0 amide bonds. The molecule has 1 aromatic rings. The lowest BCUT2D eigenvalue weighted by molar-refractivity contribution is -0.00243. The molecule has 0 aliphatic heterocycles. The van der Waals surface area contributed by atoms with E-state index in [2.05, 4.69) is 53.7 Å². The molecule has 0 saturated carbocycles. The van der Waals surface area contributed by atoms with Crippen molar-refractivity contribution >= 4 is 5.97 Å². The average molecular weight is 375 g/mol. The van der Waals surface area contributed by atoms with Crippen molar-refractivity contribution in [3.63, 3.8) is 0 Å². The quantitative estimate of drug-likeness (QED) is 0.391. The van der Waals surface area contributed by atoms with Crippen LogP contribution < -0.4 is 0 Å². The third kappa shape index (κ3) is 6.36. The molecule has 0 radical (unpaired) electrons. The first-order chi connectivity index (χ1) is 12.4. The molecule has 0 aliphatic carbocycles. The Kier molecular flexibility index (Phi) is 8.14. The van der Waals surface area contributed by atoms with Gasteiger partial charge in [0.2, 0.25) is 0 Å². The fourth-order valence-electron chi connectivity index (χ4n) is 3.36. The first-order valence-electron chi connectivity index (χ1n) is 10.8. The molecule has 154 valence electrons. The van der Waals surface area contributed by atoms with Gasteiger partial charge in [0.1, 0.15) is 5.60 Å². The van der Waals surface area contributed by atoms with Crippen LogP contribution in [0.5, 0.6) is 0 Å². The molecule has 27 heavy (non-hydrogen) atoms. The molecule has 0 aromatic heterocycles. The molecule has 0 aliphatic rings. The molecule has 0 spiro atoms. The molecule has 0 fully saturated rings. The SMILES string of the molecule is CCC(C)(CC)CC(c1ccc(C(=O)OC(C)(C)CC)cc1)C(C)(C)CC. The third-order valence-electron chi connectivity index (χ3n) is 7.03. The molecular weight excluding hydrogens is 332 g/mol. The maximum Gasteiger partial charge on any atom is 0.338 e. The molecule has 1 rings (SSSR count). The number of hydrogen-bond acceptors (Lipinski definition) is 2. The summed E-state index contributed by atoms with van der Waals surface area (Å²) in [5.41, 5.74) is 2.12. The average Bonchev–Trinajstić information content (AvgIpc) is 2.65. The van der Waals surface area contributed by atoms with Gasteiger partial charge in [-0.15, -0.1) is 0 Å². The van der Waals surface area contributed by atoms with Gasteiger partial charge in [-0.05, 0) is 61.1 Å². The molecule has 0 N–H and O–H groups in total. The summed E-state index contributed by atoms with van der Waals surface area (Å²) in [5.74, 6) is 0.246. The number of carbonyl (C=O) groups is 1. The van der Waals surface area contributed by atoms with Gasteiger partial charge in [0.15, 0.2) is 0 Å². The van der Waals surface area contributed by atoms with Crippen molar-refractivity contribution in [2.75, 3.05) is 0 Å². The van der Waals surface area contributed by atoms with Crippen molar-refractivity contribution in [3.05, 3.63) is 35.4 Å². The van der Waals surface area contributed by atoms with Crippen LogP contribution in [0.2, 0.25) is 0 Å². The minimum absolute atomic E-state index is 0.220. The van der Waals surface area contributed by atoms with Crippen LogP contribution in [0.25, 0.3) is 0 Å². The Bertz CT molecular complexity index is 591. The van der Waals surface area contributed by atoms with Gasteiger partial charge in [-0.3, -0.25) is 0 Å². The van der Waals surface area contributed by atoms with Gasteiger partial charge in [0.05, 0.1) is 5.56 Å². The van der Waals surface area contributed by atoms with E-state index in [0.717, 1.165) is 12.8 Å². The zero-order chi connectivity index (χ0) is 20.9. The Morgan fingerprint density at radius 3 is 1.78 bits per heavy atom. The summed E-state index contributed by atoms with van der Waals surface area (Å²) in [6.45, 7) is 20.0. The lowest BCUT2D eigenvalue weighted by atomic mass is 9.65. The van der Waals surface area contributed by atoms with E-state index in [0.29, 0.717) is 16.9 Å². The minimum Gasteiger partial charge on any atom is -0.456 e. The highest BCUT2D eigenvalue weighted by Gasteiger charge is 2.35. The first-order valence-corrected chi connectivity index (χ1v) is 10.8. The normalized spacial score (nSPS) is 14.1. The number of benzene rings is 1. The molecule has 2 nitrogen and oxygen atoms in total. The van der Waals surface area contributed by atoms with Gasteiger partial charge < -0.3 is 4.74 Å². The summed E-state index contributed by atoms with van der Waals surface area (Å²) >= 11 is 0. The van der Waals surface area contributed by atoms with Crippen molar-refractivity contribution in [1.82, 2.24) is 0 Å². The molecule has 1 aromatic carbocycles. The largest absolute Gasteiger partial charge is 0.456 e. The van der Waals surface area contributed by atoms with Gasteiger partial charge in [0, 0.05) is 0 Å². The van der Waals surface area contributed by atoms with Crippen LogP contribution >= 0.6 is 0 Å². The van der Waals surface area contributed by atoms with E-state index in [1.54, 1.807) is 0 Å². The highest BCUT2D eigenvalue weighted by atomic mass is 16.6. The zero-order valence-electron chi connectivity index (χ0n) is 19.2. The van der Waals surface area contributed by atoms with Gasteiger partial charge in [-0.1, -0.05) is 79.9 Å². The second-order valence-corrected chi connectivity index (χ2v) is 9.74. The van der Waals surface area contributed by atoms with Crippen LogP contribution in [-0.4, -0.2) is 11.6 Å². The topological polar surface area (TPSA) is 26.3 Å². The van der Waals surface area contributed by atoms with E-state index in [1.807, 2.05) is 32.9 Å². The summed E-state index contributed by atoms with van der Waals surface area (Å²) in [5, 5.41) is 0. The van der Waals surface area contributed by atoms with E-state index in [-0.39, 0.29) is 11.4 Å². The minimum atomic E-state index is -0.424. The van der Waals surface area contributed by atoms with Gasteiger partial charge in [-0.2, -0.15) is 0 Å². The molecule has 2 heteroatoms. The number of ether oxygens (including phenoxy) is 1. The number of hydrogen-bond donors (Lipinski definition) is 0. The van der Waals surface area contributed by atoms with Gasteiger partial charge in [-0.25, -0.2) is 4.79 Å². The molecular formula is C25H42O2. The Morgan fingerprint density at radius 2 is 1.37 bits per heavy atom. The lowest BCUT2D eigenvalue weighted by Gasteiger charge is -2.40. The Labute approximate surface area is 168 Å². The van der Waals surface area contributed by atoms with Crippen LogP contribution in [0.1, 0.15) is 116 Å². The van der Waals surface area contributed by atoms with Gasteiger partial charge >= 0.3 is 5.97 Å². The highest BCUT2D eigenvalue weighted by molar-refractivity contribution is 5.89. The summed E-state index contributed by atoms with van der Waals surface area (Å²) < 4.78 is 5.64. The van der Waals surface area contributed by atoms with Crippen LogP contribution in [-0.2, 0) is 4.74 Å². The number of esters is 1. The Morgan fingerprint density at radius 1 is 0.852 bits per heavy atom. The van der Waals surface area contributed by atoms with Crippen molar-refractivity contribution < 1.29 is 9.53 Å². The third-order valence-corrected chi connectivity index (χ3v) is 7.03. The van der Waals surface area contributed by atoms with Gasteiger partial charge in [0.25, 0.3) is 0 Å². The molecule has 0 bridgehead atoms. The fraction of sp³-hybridized carbons (Fsp3) is 0.720. The van der Waals surface area contributed by atoms with Crippen LogP contribution in [0.4, 0.5) is 0 Å². The summed E-state index contributed by atoms with van der Waals surface area (Å²) in [6.07, 6.45) is 5.49. The van der Waals surface area contributed by atoms with E-state index in [9.17, 15) is 4.79 Å². The van der Waals surface area contributed by atoms with Crippen molar-refractivity contribution in [3.8, 4) is 0 Å². The lowest BCUT2D eigenvalue weighted by Crippen LogP contribution is -2.28. The molecule has 1 unspecified atom stereocenters. The first kappa shape index (κ1) is 23.7. The smallest absolute Gasteiger partial charge is 0.338 e. The van der Waals surface area contributed by atoms with E-state index >= 15 is 0 Å². The van der Waals surface area contributed by atoms with Crippen LogP contribution in [0, 0.1) is 10.8 Å². The molecule has 0 saturated heterocycles. The fourth-order valence-corrected chi connectivity index (χ4v) is 3.36. The summed E-state index contributed by atoms with van der Waals surface area (Å²) in [6, 6.07) is 8.17. The summed E-state index contributed by atoms with van der Waals surface area (Å²) in [4.78, 5) is 12.5. The Balaban J connectivity index is 3.13. The predicted octanol–water partition coefficient (Wildman–Crippen LogP) is 7.77. The van der Waals surface area contributed by atoms with Crippen molar-refractivity contribution in [2.24, 2.45) is 10.8 Å². The number of carbonyl (C=O) groups excluding carboxylic acids is 1. The monoisotopic (exact) mass is 374 g/mol. The van der Waals surface area contributed by atoms with Crippen molar-refractivity contribution in [2.45, 2.75) is 106 Å². The second-order valence-electron chi connectivity index (χ2n) is 9.74. The number of rotatable bonds is 10. The zero-order valence-corrected chi connectivity index (χ0v) is 19.2. The standard InChI is InChI=1S/C25H42O2/c1-10-23(5,6)21(18-25(9,12-3)13-4)19-14-16-20(17-15-19)22(26)27-24(7,8)11-2/h14-17,21H,10-13,18H2,1-9H3.